The number of nitrogens with one attached hydrogen (secondary N) is 1. The zero-order chi connectivity index (χ0) is 22.7. The van der Waals surface area contributed by atoms with Crippen LogP contribution in [0.4, 0.5) is 0 Å². The number of benzene rings is 3. The zero-order valence-corrected chi connectivity index (χ0v) is 19.0. The molecule has 168 valence electrons. The van der Waals surface area contributed by atoms with E-state index in [9.17, 15) is 9.90 Å². The lowest BCUT2D eigenvalue weighted by Crippen LogP contribution is -2.50. The Hall–Kier alpha value is -2.89. The smallest absolute Gasteiger partial charge is 0.251 e. The highest BCUT2D eigenvalue weighted by Crippen LogP contribution is 2.43. The molecule has 1 amide bonds. The summed E-state index contributed by atoms with van der Waals surface area (Å²) in [6.07, 6.45) is 2.02. The molecule has 0 heterocycles. The van der Waals surface area contributed by atoms with Crippen LogP contribution in [0, 0.1) is 5.92 Å². The summed E-state index contributed by atoms with van der Waals surface area (Å²) >= 11 is 0. The van der Waals surface area contributed by atoms with Crippen LogP contribution in [0.15, 0.2) is 66.7 Å². The summed E-state index contributed by atoms with van der Waals surface area (Å²) in [5.74, 6) is 0.669. The molecular formula is C27H32N2O3. The van der Waals surface area contributed by atoms with Crippen LogP contribution in [0.3, 0.4) is 0 Å². The van der Waals surface area contributed by atoms with Crippen LogP contribution in [-0.2, 0) is 5.60 Å². The van der Waals surface area contributed by atoms with Crippen LogP contribution in [-0.4, -0.2) is 49.7 Å². The minimum Gasteiger partial charge on any atom is -0.497 e. The highest BCUT2D eigenvalue weighted by atomic mass is 16.5. The summed E-state index contributed by atoms with van der Waals surface area (Å²) in [7, 11) is 5.67. The molecule has 0 bridgehead atoms. The first-order chi connectivity index (χ1) is 15.4. The molecule has 0 aliphatic heterocycles. The number of fused-ring (bicyclic) bond motifs is 1. The van der Waals surface area contributed by atoms with Crippen molar-refractivity contribution >= 4 is 16.7 Å². The van der Waals surface area contributed by atoms with Crippen LogP contribution < -0.4 is 10.1 Å². The Bertz CT molecular complexity index is 1100. The second-order valence-corrected chi connectivity index (χ2v) is 9.12. The molecule has 32 heavy (non-hydrogen) atoms. The third kappa shape index (κ3) is 4.64. The lowest BCUT2D eigenvalue weighted by atomic mass is 9.69. The van der Waals surface area contributed by atoms with Crippen molar-refractivity contribution in [3.05, 3.63) is 77.9 Å². The molecule has 0 aromatic heterocycles. The molecule has 3 aromatic carbocycles. The molecule has 0 spiro atoms. The van der Waals surface area contributed by atoms with E-state index in [1.807, 2.05) is 80.8 Å². The van der Waals surface area contributed by atoms with Crippen LogP contribution in [0.1, 0.15) is 35.2 Å². The van der Waals surface area contributed by atoms with Gasteiger partial charge in [0.15, 0.2) is 0 Å². The second-order valence-electron chi connectivity index (χ2n) is 9.12. The lowest BCUT2D eigenvalue weighted by molar-refractivity contribution is -0.0685. The van der Waals surface area contributed by atoms with E-state index in [0.717, 1.165) is 35.1 Å². The Morgan fingerprint density at radius 2 is 1.88 bits per heavy atom. The Morgan fingerprint density at radius 1 is 1.09 bits per heavy atom. The number of hydrogen-bond donors (Lipinski definition) is 2. The highest BCUT2D eigenvalue weighted by Gasteiger charge is 2.44. The van der Waals surface area contributed by atoms with Crippen LogP contribution >= 0.6 is 0 Å². The van der Waals surface area contributed by atoms with Gasteiger partial charge in [-0.3, -0.25) is 4.79 Å². The number of methoxy groups -OCH3 is 1. The van der Waals surface area contributed by atoms with Crippen LogP contribution in [0.25, 0.3) is 10.8 Å². The van der Waals surface area contributed by atoms with Gasteiger partial charge in [0.1, 0.15) is 5.75 Å². The SMILES string of the molecule is COc1cccc(C2(O)CCC(NC(=O)c3ccc4ccccc4c3)CC2CN(C)C)c1. The van der Waals surface area contributed by atoms with E-state index in [1.54, 1.807) is 7.11 Å². The quantitative estimate of drug-likeness (QED) is 0.613. The summed E-state index contributed by atoms with van der Waals surface area (Å²) < 4.78 is 5.38. The molecule has 2 N–H and O–H groups in total. The summed E-state index contributed by atoms with van der Waals surface area (Å²) in [4.78, 5) is 15.1. The van der Waals surface area contributed by atoms with Crippen LogP contribution in [0.2, 0.25) is 0 Å². The van der Waals surface area contributed by atoms with E-state index in [4.69, 9.17) is 4.74 Å². The van der Waals surface area contributed by atoms with Gasteiger partial charge in [0, 0.05) is 24.1 Å². The Balaban J connectivity index is 1.52. The fourth-order valence-corrected chi connectivity index (χ4v) is 4.92. The number of carbonyl (C=O) groups is 1. The van der Waals surface area contributed by atoms with Gasteiger partial charge in [-0.25, -0.2) is 0 Å². The van der Waals surface area contributed by atoms with Gasteiger partial charge in [-0.2, -0.15) is 0 Å². The van der Waals surface area contributed by atoms with E-state index in [1.165, 1.54) is 0 Å². The molecule has 3 atom stereocenters. The molecule has 1 fully saturated rings. The number of carbonyl (C=O) groups excluding carboxylic acids is 1. The second kappa shape index (κ2) is 9.31. The number of amides is 1. The predicted molar refractivity (Wildman–Crippen MR) is 128 cm³/mol. The van der Waals surface area contributed by atoms with Gasteiger partial charge in [-0.15, -0.1) is 0 Å². The summed E-state index contributed by atoms with van der Waals surface area (Å²) in [6, 6.07) is 21.6. The maximum absolute atomic E-state index is 13.0. The van der Waals surface area contributed by atoms with E-state index in [2.05, 4.69) is 10.2 Å². The van der Waals surface area contributed by atoms with Gasteiger partial charge in [0.05, 0.1) is 12.7 Å². The maximum atomic E-state index is 13.0. The van der Waals surface area contributed by atoms with Crippen molar-refractivity contribution in [1.82, 2.24) is 10.2 Å². The molecule has 1 aliphatic carbocycles. The van der Waals surface area contributed by atoms with Gasteiger partial charge >= 0.3 is 0 Å². The molecule has 1 aliphatic rings. The van der Waals surface area contributed by atoms with Gasteiger partial charge in [-0.05, 0) is 74.0 Å². The largest absolute Gasteiger partial charge is 0.497 e. The van der Waals surface area contributed by atoms with E-state index >= 15 is 0 Å². The van der Waals surface area contributed by atoms with Gasteiger partial charge in [-0.1, -0.05) is 42.5 Å². The van der Waals surface area contributed by atoms with Gasteiger partial charge in [0.2, 0.25) is 0 Å². The number of hydrogen-bond acceptors (Lipinski definition) is 4. The van der Waals surface area contributed by atoms with E-state index in [-0.39, 0.29) is 17.9 Å². The number of nitrogens with zero attached hydrogens (tertiary/aromatic N) is 1. The third-order valence-electron chi connectivity index (χ3n) is 6.62. The Kier molecular flexibility index (Phi) is 6.49. The fourth-order valence-electron chi connectivity index (χ4n) is 4.92. The molecule has 1 saturated carbocycles. The minimum atomic E-state index is -0.955. The molecule has 5 nitrogen and oxygen atoms in total. The van der Waals surface area contributed by atoms with Crippen molar-refractivity contribution in [2.75, 3.05) is 27.7 Å². The van der Waals surface area contributed by atoms with E-state index in [0.29, 0.717) is 18.4 Å². The fraction of sp³-hybridized carbons (Fsp3) is 0.370. The molecule has 3 unspecified atom stereocenters. The van der Waals surface area contributed by atoms with Crippen LogP contribution in [0.5, 0.6) is 5.75 Å². The standard InChI is InChI=1S/C27H32N2O3/c1-29(2)18-23-16-24(13-14-27(23,31)22-9-6-10-25(17-22)32-3)28-26(30)21-12-11-19-7-4-5-8-20(19)15-21/h4-12,15,17,23-24,31H,13-14,16,18H2,1-3H3,(H,28,30). The predicted octanol–water partition coefficient (Wildman–Crippen LogP) is 4.20. The van der Waals surface area contributed by atoms with Crippen molar-refractivity contribution in [1.29, 1.82) is 0 Å². The Labute approximate surface area is 190 Å². The van der Waals surface area contributed by atoms with Crippen molar-refractivity contribution < 1.29 is 14.6 Å². The van der Waals surface area contributed by atoms with Crippen molar-refractivity contribution in [2.24, 2.45) is 5.92 Å². The average Bonchev–Trinajstić information content (AvgIpc) is 2.80. The topological polar surface area (TPSA) is 61.8 Å². The molecule has 0 saturated heterocycles. The monoisotopic (exact) mass is 432 g/mol. The number of aliphatic hydroxyl groups is 1. The van der Waals surface area contributed by atoms with E-state index < -0.39 is 5.60 Å². The third-order valence-corrected chi connectivity index (χ3v) is 6.62. The van der Waals surface area contributed by atoms with Gasteiger partial charge < -0.3 is 20.1 Å². The average molecular weight is 433 g/mol. The van der Waals surface area contributed by atoms with Crippen molar-refractivity contribution in [3.63, 3.8) is 0 Å². The van der Waals surface area contributed by atoms with Crippen molar-refractivity contribution in [3.8, 4) is 5.75 Å². The molecule has 5 heteroatoms. The first-order valence-electron chi connectivity index (χ1n) is 11.2. The molecule has 3 aromatic rings. The minimum absolute atomic E-state index is 0.0136. The maximum Gasteiger partial charge on any atom is 0.251 e. The summed E-state index contributed by atoms with van der Waals surface area (Å²) in [5.41, 5.74) is 0.590. The normalized spacial score (nSPS) is 23.3. The highest BCUT2D eigenvalue weighted by molar-refractivity contribution is 5.98. The summed E-state index contributed by atoms with van der Waals surface area (Å²) in [6.45, 7) is 0.732. The van der Waals surface area contributed by atoms with Gasteiger partial charge in [0.25, 0.3) is 5.91 Å². The first kappa shape index (κ1) is 22.3. The summed E-state index contributed by atoms with van der Waals surface area (Å²) in [5, 5.41) is 17.2. The molecular weight excluding hydrogens is 400 g/mol. The number of ether oxygens (including phenoxy) is 1. The first-order valence-corrected chi connectivity index (χ1v) is 11.2. The Morgan fingerprint density at radius 3 is 2.62 bits per heavy atom. The number of rotatable bonds is 6. The lowest BCUT2D eigenvalue weighted by Gasteiger charge is -2.44. The molecule has 4 rings (SSSR count). The zero-order valence-electron chi connectivity index (χ0n) is 19.0. The van der Waals surface area contributed by atoms with Crippen molar-refractivity contribution in [2.45, 2.75) is 30.9 Å². The molecule has 0 radical (unpaired) electrons.